The molecule has 0 spiro atoms. The highest BCUT2D eigenvalue weighted by molar-refractivity contribution is 6.43. The van der Waals surface area contributed by atoms with Crippen LogP contribution in [0.2, 0.25) is 10.0 Å². The molecule has 1 aliphatic carbocycles. The molecule has 1 aromatic heterocycles. The van der Waals surface area contributed by atoms with Gasteiger partial charge in [0.15, 0.2) is 0 Å². The van der Waals surface area contributed by atoms with E-state index in [-0.39, 0.29) is 0 Å². The molecule has 1 heterocycles. The molecule has 0 saturated carbocycles. The summed E-state index contributed by atoms with van der Waals surface area (Å²) in [7, 11) is 3.61. The van der Waals surface area contributed by atoms with Crippen LogP contribution < -0.4 is 4.74 Å². The number of hydrogen-bond donors (Lipinski definition) is 0. The lowest BCUT2D eigenvalue weighted by Gasteiger charge is -2.13. The van der Waals surface area contributed by atoms with Crippen LogP contribution in [0.25, 0.3) is 11.6 Å². The van der Waals surface area contributed by atoms with Crippen molar-refractivity contribution in [3.63, 3.8) is 0 Å². The lowest BCUT2D eigenvalue weighted by atomic mass is 10.0. The number of aromatic nitrogens is 2. The van der Waals surface area contributed by atoms with E-state index in [0.717, 1.165) is 41.1 Å². The number of ether oxygens (including phenoxy) is 1. The molecule has 0 saturated heterocycles. The number of hydrogen-bond acceptors (Lipinski definition) is 2. The number of halogens is 2. The van der Waals surface area contributed by atoms with Gasteiger partial charge in [-0.1, -0.05) is 30.1 Å². The summed E-state index contributed by atoms with van der Waals surface area (Å²) in [5.41, 5.74) is 5.55. The van der Waals surface area contributed by atoms with Gasteiger partial charge in [0.2, 0.25) is 0 Å². The van der Waals surface area contributed by atoms with E-state index in [1.807, 2.05) is 17.8 Å². The van der Waals surface area contributed by atoms with Gasteiger partial charge in [0.25, 0.3) is 0 Å². The zero-order chi connectivity index (χ0) is 15.1. The Hall–Kier alpha value is -1.45. The van der Waals surface area contributed by atoms with Gasteiger partial charge in [0, 0.05) is 24.6 Å². The van der Waals surface area contributed by atoms with E-state index in [2.05, 4.69) is 18.1 Å². The average Bonchev–Trinajstić information content (AvgIpc) is 3.02. The molecule has 0 aliphatic heterocycles. The van der Waals surface area contributed by atoms with Crippen LogP contribution in [-0.4, -0.2) is 16.9 Å². The number of fused-ring (bicyclic) bond motifs is 1. The molecule has 2 aromatic rings. The smallest absolute Gasteiger partial charge is 0.127 e. The fourth-order valence-corrected chi connectivity index (χ4v) is 3.30. The summed E-state index contributed by atoms with van der Waals surface area (Å²) < 4.78 is 7.37. The lowest BCUT2D eigenvalue weighted by molar-refractivity contribution is 0.413. The molecule has 3 nitrogen and oxygen atoms in total. The molecule has 0 radical (unpaired) electrons. The maximum absolute atomic E-state index is 6.41. The zero-order valence-corrected chi connectivity index (χ0v) is 13.7. The van der Waals surface area contributed by atoms with E-state index in [4.69, 9.17) is 27.9 Å². The van der Waals surface area contributed by atoms with Gasteiger partial charge < -0.3 is 4.74 Å². The Kier molecular flexibility index (Phi) is 3.72. The third-order valence-electron chi connectivity index (χ3n) is 3.89. The molecule has 5 heteroatoms. The number of rotatable bonds is 3. The highest BCUT2D eigenvalue weighted by Crippen LogP contribution is 2.43. The first-order chi connectivity index (χ1) is 10.1. The minimum absolute atomic E-state index is 0.540. The van der Waals surface area contributed by atoms with Crippen molar-refractivity contribution >= 4 is 34.9 Å². The van der Waals surface area contributed by atoms with E-state index in [1.165, 1.54) is 5.56 Å². The molecule has 3 rings (SSSR count). The quantitative estimate of drug-likeness (QED) is 0.837. The monoisotopic (exact) mass is 322 g/mol. The molecular formula is C16H16Cl2N2O. The van der Waals surface area contributed by atoms with E-state index in [9.17, 15) is 0 Å². The third-order valence-corrected chi connectivity index (χ3v) is 4.69. The fraction of sp³-hybridized carbons (Fsp3) is 0.312. The number of aryl methyl sites for hydroxylation is 2. The van der Waals surface area contributed by atoms with Gasteiger partial charge in [-0.15, -0.1) is 0 Å². The topological polar surface area (TPSA) is 27.1 Å². The van der Waals surface area contributed by atoms with Crippen LogP contribution in [0.4, 0.5) is 0 Å². The minimum Gasteiger partial charge on any atom is -0.496 e. The van der Waals surface area contributed by atoms with E-state index >= 15 is 0 Å². The molecule has 0 N–H and O–H groups in total. The van der Waals surface area contributed by atoms with Gasteiger partial charge in [-0.2, -0.15) is 5.10 Å². The Morgan fingerprint density at radius 1 is 1.33 bits per heavy atom. The molecule has 0 amide bonds. The summed E-state index contributed by atoms with van der Waals surface area (Å²) in [5, 5.41) is 5.63. The summed E-state index contributed by atoms with van der Waals surface area (Å²) in [5.74, 6) is 0.745. The van der Waals surface area contributed by atoms with Crippen molar-refractivity contribution in [1.29, 1.82) is 0 Å². The fourth-order valence-electron chi connectivity index (χ4n) is 2.86. The second kappa shape index (κ2) is 5.39. The molecule has 1 aromatic carbocycles. The average molecular weight is 323 g/mol. The minimum atomic E-state index is 0.540. The second-order valence-corrected chi connectivity index (χ2v) is 5.86. The van der Waals surface area contributed by atoms with Crippen LogP contribution in [0.5, 0.6) is 5.75 Å². The normalized spacial score (nSPS) is 13.3. The van der Waals surface area contributed by atoms with Crippen molar-refractivity contribution in [3.8, 4) is 5.75 Å². The Morgan fingerprint density at radius 3 is 2.76 bits per heavy atom. The molecule has 0 atom stereocenters. The van der Waals surface area contributed by atoms with E-state index < -0.39 is 0 Å². The van der Waals surface area contributed by atoms with Gasteiger partial charge in [-0.05, 0) is 30.2 Å². The Labute approximate surface area is 134 Å². The summed E-state index contributed by atoms with van der Waals surface area (Å²) in [6.07, 6.45) is 3.86. The van der Waals surface area contributed by atoms with Crippen molar-refractivity contribution in [2.45, 2.75) is 19.8 Å². The summed E-state index contributed by atoms with van der Waals surface area (Å²) in [4.78, 5) is 0. The maximum atomic E-state index is 6.41. The molecule has 0 unspecified atom stereocenters. The van der Waals surface area contributed by atoms with E-state index in [0.29, 0.717) is 10.0 Å². The SMILES string of the molecule is CCc1nn(C)c2c1CC(c1c(OC)ccc(Cl)c1Cl)=C2. The van der Waals surface area contributed by atoms with Crippen LogP contribution in [0.1, 0.15) is 29.4 Å². The van der Waals surface area contributed by atoms with Gasteiger partial charge >= 0.3 is 0 Å². The molecule has 0 fully saturated rings. The number of allylic oxidation sites excluding steroid dienone is 1. The number of nitrogens with zero attached hydrogens (tertiary/aromatic N) is 2. The number of benzene rings is 1. The van der Waals surface area contributed by atoms with Crippen LogP contribution in [0, 0.1) is 0 Å². The first kappa shape index (κ1) is 14.5. The van der Waals surface area contributed by atoms with Gasteiger partial charge in [0.05, 0.1) is 28.5 Å². The molecular weight excluding hydrogens is 307 g/mol. The summed E-state index contributed by atoms with van der Waals surface area (Å²) in [6, 6.07) is 3.61. The van der Waals surface area contributed by atoms with Crippen molar-refractivity contribution in [3.05, 3.63) is 44.7 Å². The first-order valence-corrected chi connectivity index (χ1v) is 7.60. The first-order valence-electron chi connectivity index (χ1n) is 6.84. The molecule has 21 heavy (non-hydrogen) atoms. The molecule has 0 bridgehead atoms. The Bertz CT molecular complexity index is 747. The predicted octanol–water partition coefficient (Wildman–Crippen LogP) is 4.39. The van der Waals surface area contributed by atoms with Crippen molar-refractivity contribution < 1.29 is 4.74 Å². The standard InChI is InChI=1S/C16H16Cl2N2O/c1-4-12-10-7-9(8-13(10)20(2)19-12)15-14(21-3)6-5-11(17)16(15)18/h5-6,8H,4,7H2,1-3H3. The van der Waals surface area contributed by atoms with Crippen molar-refractivity contribution in [2.24, 2.45) is 7.05 Å². The van der Waals surface area contributed by atoms with Crippen LogP contribution in [0.15, 0.2) is 12.1 Å². The predicted molar refractivity (Wildman–Crippen MR) is 87.2 cm³/mol. The third kappa shape index (κ3) is 2.25. The van der Waals surface area contributed by atoms with Gasteiger partial charge in [-0.25, -0.2) is 0 Å². The van der Waals surface area contributed by atoms with E-state index in [1.54, 1.807) is 13.2 Å². The maximum Gasteiger partial charge on any atom is 0.127 e. The van der Waals surface area contributed by atoms with Crippen LogP contribution in [-0.2, 0) is 19.9 Å². The van der Waals surface area contributed by atoms with Gasteiger partial charge in [-0.3, -0.25) is 4.68 Å². The molecule has 1 aliphatic rings. The highest BCUT2D eigenvalue weighted by atomic mass is 35.5. The number of methoxy groups -OCH3 is 1. The largest absolute Gasteiger partial charge is 0.496 e. The van der Waals surface area contributed by atoms with Crippen LogP contribution >= 0.6 is 23.2 Å². The Morgan fingerprint density at radius 2 is 2.10 bits per heavy atom. The lowest BCUT2D eigenvalue weighted by Crippen LogP contribution is -1.96. The zero-order valence-electron chi connectivity index (χ0n) is 12.2. The highest BCUT2D eigenvalue weighted by Gasteiger charge is 2.25. The van der Waals surface area contributed by atoms with Gasteiger partial charge in [0.1, 0.15) is 5.75 Å². The van der Waals surface area contributed by atoms with Crippen molar-refractivity contribution in [1.82, 2.24) is 9.78 Å². The Balaban J connectivity index is 2.13. The molecule has 110 valence electrons. The summed E-state index contributed by atoms with van der Waals surface area (Å²) >= 11 is 12.6. The summed E-state index contributed by atoms with van der Waals surface area (Å²) in [6.45, 7) is 2.12. The van der Waals surface area contributed by atoms with Crippen molar-refractivity contribution in [2.75, 3.05) is 7.11 Å². The van der Waals surface area contributed by atoms with Crippen LogP contribution in [0.3, 0.4) is 0 Å². The second-order valence-electron chi connectivity index (χ2n) is 5.07.